The zero-order valence-electron chi connectivity index (χ0n) is 67.8. The number of thiophene rings is 2. The summed E-state index contributed by atoms with van der Waals surface area (Å²) in [4.78, 5) is 21.3. The summed E-state index contributed by atoms with van der Waals surface area (Å²) in [6, 6.07) is 153. The van der Waals surface area contributed by atoms with Crippen molar-refractivity contribution in [2.75, 3.05) is 0 Å². The molecule has 0 aliphatic heterocycles. The Kier molecular flexibility index (Phi) is 16.3. The number of rotatable bonds is 10. The van der Waals surface area contributed by atoms with Gasteiger partial charge in [0.2, 0.25) is 11.9 Å². The molecule has 27 aromatic rings. The first-order chi connectivity index (χ1) is 62.4. The highest BCUT2D eigenvalue weighted by atomic mass is 32.1. The molecule has 586 valence electrons. The second-order valence-corrected chi connectivity index (χ2v) is 34.9. The van der Waals surface area contributed by atoms with Gasteiger partial charge in [0.1, 0.15) is 0 Å². The number of para-hydroxylation sites is 7. The predicted octanol–water partition coefficient (Wildman–Crippen LogP) is 31.5. The Balaban J connectivity index is 0.000000134. The van der Waals surface area contributed by atoms with Gasteiger partial charge in [-0.25, -0.2) is 19.9 Å². The summed E-state index contributed by atoms with van der Waals surface area (Å²) in [5.74, 6) is 1.30. The van der Waals surface area contributed by atoms with Crippen LogP contribution in [0.5, 0.6) is 0 Å². The van der Waals surface area contributed by atoms with Gasteiger partial charge in [0, 0.05) is 117 Å². The maximum atomic E-state index is 5.44. The van der Waals surface area contributed by atoms with Crippen molar-refractivity contribution < 1.29 is 0 Å². The van der Waals surface area contributed by atoms with Crippen molar-refractivity contribution in [3.63, 3.8) is 0 Å². The van der Waals surface area contributed by atoms with Crippen molar-refractivity contribution in [1.82, 2.24) is 38.2 Å². The van der Waals surface area contributed by atoms with E-state index in [2.05, 4.69) is 443 Å². The van der Waals surface area contributed by atoms with Crippen LogP contribution in [0, 0.1) is 0 Å². The lowest BCUT2D eigenvalue weighted by Crippen LogP contribution is -2.03. The molecule has 0 aliphatic rings. The highest BCUT2D eigenvalue weighted by Gasteiger charge is 2.24. The van der Waals surface area contributed by atoms with E-state index in [1.807, 2.05) is 22.7 Å². The fourth-order valence-corrected chi connectivity index (χ4v) is 22.0. The first kappa shape index (κ1) is 71.5. The number of benzene rings is 19. The SMILES string of the molecule is c1ccc2c(-c3ccc(-n4c5ccccc5c5ccccc54)cc3)nc(-n3c4ccccc4c4cc(-c5ccc(-c6ccc7sc8ccccc8c7c6)cc5)ccc43)nc2c1.c1ccc2c(c1)ccc1c2c2ccccc2n1-c1ccc(-c2nc(-n3c4ccccc4c4cc(-c5ccc(-c6ccc7sc8ccccc8c7c6)cc5)ccc43)nc3ccccc23)cc1. The molecule has 8 heterocycles. The molecule has 0 unspecified atom stereocenters. The first-order valence-electron chi connectivity index (χ1n) is 42.7. The molecule has 19 aromatic carbocycles. The van der Waals surface area contributed by atoms with Gasteiger partial charge in [-0.15, -0.1) is 22.7 Å². The topological polar surface area (TPSA) is 71.3 Å². The second-order valence-electron chi connectivity index (χ2n) is 32.7. The van der Waals surface area contributed by atoms with E-state index in [0.717, 1.165) is 77.8 Å². The van der Waals surface area contributed by atoms with Gasteiger partial charge >= 0.3 is 0 Å². The molecular weight excluding hydrogens is 1570 g/mol. The van der Waals surface area contributed by atoms with Crippen LogP contribution in [-0.2, 0) is 0 Å². The number of hydrogen-bond donors (Lipinski definition) is 0. The van der Waals surface area contributed by atoms with Crippen molar-refractivity contribution in [2.24, 2.45) is 0 Å². The fraction of sp³-hybridized carbons (Fsp3) is 0. The lowest BCUT2D eigenvalue weighted by atomic mass is 9.98. The van der Waals surface area contributed by atoms with Gasteiger partial charge in [-0.2, -0.15) is 0 Å². The summed E-state index contributed by atoms with van der Waals surface area (Å²) >= 11 is 3.71. The van der Waals surface area contributed by atoms with E-state index in [1.165, 1.54) is 161 Å². The molecule has 8 nitrogen and oxygen atoms in total. The molecule has 0 N–H and O–H groups in total. The Hall–Kier alpha value is -16.2. The molecule has 126 heavy (non-hydrogen) atoms. The van der Waals surface area contributed by atoms with E-state index in [4.69, 9.17) is 19.9 Å². The average Bonchev–Trinajstić information content (AvgIpc) is 1.57. The molecular formula is C116H70N8S2. The van der Waals surface area contributed by atoms with E-state index in [9.17, 15) is 0 Å². The molecule has 0 spiro atoms. The zero-order chi connectivity index (χ0) is 82.6. The summed E-state index contributed by atoms with van der Waals surface area (Å²) in [7, 11) is 0. The van der Waals surface area contributed by atoms with Crippen molar-refractivity contribution in [2.45, 2.75) is 0 Å². The number of fused-ring (bicyclic) bond motifs is 22. The van der Waals surface area contributed by atoms with Gasteiger partial charge in [0.15, 0.2) is 0 Å². The summed E-state index contributed by atoms with van der Waals surface area (Å²) < 4.78 is 14.5. The van der Waals surface area contributed by atoms with Crippen molar-refractivity contribution in [3.05, 3.63) is 425 Å². The largest absolute Gasteiger partial charge is 0.309 e. The summed E-state index contributed by atoms with van der Waals surface area (Å²) in [5.41, 5.74) is 26.5. The molecule has 0 saturated heterocycles. The highest BCUT2D eigenvalue weighted by Crippen LogP contribution is 2.45. The molecule has 0 radical (unpaired) electrons. The molecule has 0 fully saturated rings. The van der Waals surface area contributed by atoms with Crippen LogP contribution in [0.4, 0.5) is 0 Å². The van der Waals surface area contributed by atoms with Crippen molar-refractivity contribution in [1.29, 1.82) is 0 Å². The normalized spacial score (nSPS) is 12.0. The standard InChI is InChI=1S/C60H36N4S.C56H34N4S/c1-2-12-44-39(11-1)27-33-55-58(44)48-16-5-9-19-53(48)63(55)43-30-25-40(26-31-43)59-47-15-3-7-17-51(47)61-60(62-59)64-52-18-8-4-13-45(52)49-35-41(28-32-54(49)64)37-21-23-38(24-22-37)42-29-34-57-50(36-42)46-14-6-10-20-56(46)65-57;1-6-16-48-45(15-1)55(37-25-29-40(30-26-37)59-49-17-7-2-11-41(49)42-12-3-8-18-50(42)59)58-56(57-48)60-51-19-9-4-13-43(51)46-33-38(27-31-52(46)60)35-21-23-36(24-22-35)39-28-32-54-47(34-39)44-14-5-10-20-53(44)61-54/h1-36H;1-34H. The van der Waals surface area contributed by atoms with Crippen LogP contribution in [0.1, 0.15) is 0 Å². The molecule has 0 bridgehead atoms. The van der Waals surface area contributed by atoms with Crippen LogP contribution in [-0.4, -0.2) is 38.2 Å². The first-order valence-corrected chi connectivity index (χ1v) is 44.3. The Morgan fingerprint density at radius 1 is 0.167 bits per heavy atom. The van der Waals surface area contributed by atoms with E-state index >= 15 is 0 Å². The summed E-state index contributed by atoms with van der Waals surface area (Å²) in [5, 5.41) is 19.5. The lowest BCUT2D eigenvalue weighted by Gasteiger charge is -2.13. The van der Waals surface area contributed by atoms with Crippen LogP contribution in [0.3, 0.4) is 0 Å². The summed E-state index contributed by atoms with van der Waals surface area (Å²) in [6.07, 6.45) is 0. The van der Waals surface area contributed by atoms with Gasteiger partial charge in [-0.05, 0) is 189 Å². The molecule has 27 rings (SSSR count). The molecule has 0 aliphatic carbocycles. The molecule has 8 aromatic heterocycles. The minimum Gasteiger partial charge on any atom is -0.309 e. The van der Waals surface area contributed by atoms with Crippen LogP contribution < -0.4 is 0 Å². The van der Waals surface area contributed by atoms with Gasteiger partial charge in [0.25, 0.3) is 0 Å². The van der Waals surface area contributed by atoms with Crippen LogP contribution in [0.2, 0.25) is 0 Å². The minimum atomic E-state index is 0.649. The molecule has 0 amide bonds. The average molecular weight is 1640 g/mol. The quantitative estimate of drug-likeness (QED) is 0.137. The van der Waals surface area contributed by atoms with Crippen LogP contribution >= 0.6 is 22.7 Å². The van der Waals surface area contributed by atoms with Gasteiger partial charge in [0.05, 0.1) is 66.6 Å². The van der Waals surface area contributed by atoms with Gasteiger partial charge < -0.3 is 9.13 Å². The number of hydrogen-bond acceptors (Lipinski definition) is 6. The highest BCUT2D eigenvalue weighted by molar-refractivity contribution is 7.26. The minimum absolute atomic E-state index is 0.649. The van der Waals surface area contributed by atoms with Crippen molar-refractivity contribution >= 4 is 183 Å². The number of nitrogens with zero attached hydrogens (tertiary/aromatic N) is 8. The van der Waals surface area contributed by atoms with Crippen LogP contribution in [0.15, 0.2) is 425 Å². The van der Waals surface area contributed by atoms with E-state index in [1.54, 1.807) is 0 Å². The van der Waals surface area contributed by atoms with E-state index in [0.29, 0.717) is 11.9 Å². The Labute approximate surface area is 730 Å². The Morgan fingerprint density at radius 3 is 0.889 bits per heavy atom. The van der Waals surface area contributed by atoms with E-state index < -0.39 is 0 Å². The molecule has 0 saturated carbocycles. The fourth-order valence-electron chi connectivity index (χ4n) is 19.8. The maximum Gasteiger partial charge on any atom is 0.235 e. The molecule has 0 atom stereocenters. The Morgan fingerprint density at radius 2 is 0.452 bits per heavy atom. The lowest BCUT2D eigenvalue weighted by molar-refractivity contribution is 1.01. The monoisotopic (exact) mass is 1640 g/mol. The third kappa shape index (κ3) is 11.5. The van der Waals surface area contributed by atoms with Gasteiger partial charge in [-0.3, -0.25) is 9.13 Å². The second kappa shape index (κ2) is 28.7. The maximum absolute atomic E-state index is 5.44. The number of aromatic nitrogens is 8. The third-order valence-electron chi connectivity index (χ3n) is 25.7. The van der Waals surface area contributed by atoms with E-state index in [-0.39, 0.29) is 0 Å². The van der Waals surface area contributed by atoms with Gasteiger partial charge in [-0.1, -0.05) is 291 Å². The van der Waals surface area contributed by atoms with Crippen LogP contribution in [0.25, 0.3) is 250 Å². The smallest absolute Gasteiger partial charge is 0.235 e. The molecule has 10 heteroatoms. The predicted molar refractivity (Wildman–Crippen MR) is 532 cm³/mol. The van der Waals surface area contributed by atoms with Crippen molar-refractivity contribution in [3.8, 4) is 90.3 Å². The zero-order valence-corrected chi connectivity index (χ0v) is 69.4. The Bertz CT molecular complexity index is 9110. The third-order valence-corrected chi connectivity index (χ3v) is 28.0. The summed E-state index contributed by atoms with van der Waals surface area (Å²) in [6.45, 7) is 0.